The Morgan fingerprint density at radius 2 is 1.65 bits per heavy atom. The van der Waals surface area contributed by atoms with Crippen molar-refractivity contribution in [3.05, 3.63) is 96.6 Å². The number of benzene rings is 3. The van der Waals surface area contributed by atoms with E-state index in [0.29, 0.717) is 5.95 Å². The number of rotatable bonds is 4. The first-order chi connectivity index (χ1) is 16.6. The van der Waals surface area contributed by atoms with Gasteiger partial charge < -0.3 is 0 Å². The molecule has 3 heterocycles. The van der Waals surface area contributed by atoms with Crippen LogP contribution in [0.3, 0.4) is 0 Å². The average Bonchev–Trinajstić information content (AvgIpc) is 3.38. The second-order valence-electron chi connectivity index (χ2n) is 8.08. The van der Waals surface area contributed by atoms with Crippen molar-refractivity contribution >= 4 is 25.8 Å². The summed E-state index contributed by atoms with van der Waals surface area (Å²) in [5.74, 6) is 2.16. The molecule has 6 aromatic rings. The molecular weight excluding hydrogens is 605 g/mol. The summed E-state index contributed by atoms with van der Waals surface area (Å²) in [5, 5.41) is 6.89. The summed E-state index contributed by atoms with van der Waals surface area (Å²) in [7, 11) is 0. The Bertz CT molecular complexity index is 1670. The predicted octanol–water partition coefficient (Wildman–Crippen LogP) is 5.34. The van der Waals surface area contributed by atoms with Gasteiger partial charge in [0, 0.05) is 0 Å². The van der Waals surface area contributed by atoms with Crippen LogP contribution in [0.15, 0.2) is 85.2 Å². The zero-order valence-electron chi connectivity index (χ0n) is 18.5. The van der Waals surface area contributed by atoms with Crippen molar-refractivity contribution in [3.8, 4) is 23.1 Å². The first-order valence-electron chi connectivity index (χ1n) is 10.9. The summed E-state index contributed by atoms with van der Waals surface area (Å²) in [6.45, 7) is 4.05. The molecule has 0 radical (unpaired) electrons. The molecule has 0 fully saturated rings. The summed E-state index contributed by atoms with van der Waals surface area (Å²) < 4.78 is 11.4. The van der Waals surface area contributed by atoms with E-state index in [0.717, 1.165) is 54.3 Å². The van der Waals surface area contributed by atoms with Crippen LogP contribution in [0.5, 0.6) is 11.5 Å². The van der Waals surface area contributed by atoms with Gasteiger partial charge in [0.15, 0.2) is 0 Å². The number of aromatic nitrogens is 5. The standard InChI is InChI=1S/C27H20N5O.Pt/c1-18-15-19(2)32(30-18)20-7-5-8-21(16-20)33-22-11-12-24-23-9-3-4-10-25(23)31(26(24)17-22)27-28-13-6-14-29-27;/h3-16H,1-2H3;. The van der Waals surface area contributed by atoms with Crippen molar-refractivity contribution in [1.82, 2.24) is 24.3 Å². The number of fused-ring (bicyclic) bond motifs is 3. The number of aryl methyl sites for hydroxylation is 2. The fraction of sp³-hybridized carbons (Fsp3) is 0.0741. The third-order valence-corrected chi connectivity index (χ3v) is 6.86. The van der Waals surface area contributed by atoms with E-state index >= 15 is 0 Å². The molecule has 0 aliphatic rings. The molecule has 0 N–H and O–H groups in total. The van der Waals surface area contributed by atoms with Gasteiger partial charge in [0.25, 0.3) is 0 Å². The summed E-state index contributed by atoms with van der Waals surface area (Å²) >= 11 is 2.34. The first kappa shape index (κ1) is 20.8. The Kier molecular flexibility index (Phi) is 5.04. The molecule has 34 heavy (non-hydrogen) atoms. The van der Waals surface area contributed by atoms with Gasteiger partial charge in [0.1, 0.15) is 0 Å². The molecule has 0 amide bonds. The number of hydrogen-bond acceptors (Lipinski definition) is 4. The molecule has 169 valence electrons. The minimum absolute atomic E-state index is 0.635. The molecule has 0 atom stereocenters. The Morgan fingerprint density at radius 1 is 0.824 bits per heavy atom. The molecule has 0 unspecified atom stereocenters. The SMILES string of the molecule is Cc1cc(C)n(-c2cccc(Oc3ccc4c5ccccc5n(-c5ncccn5)c4[c]3[Pt])c2)n1. The second kappa shape index (κ2) is 8.23. The van der Waals surface area contributed by atoms with Crippen molar-refractivity contribution in [2.75, 3.05) is 0 Å². The quantitative estimate of drug-likeness (QED) is 0.266. The molecule has 6 rings (SSSR count). The molecule has 3 aromatic carbocycles. The number of para-hydroxylation sites is 1. The zero-order chi connectivity index (χ0) is 23.2. The van der Waals surface area contributed by atoms with E-state index in [1.165, 1.54) is 0 Å². The molecule has 7 heteroatoms. The molecule has 0 saturated carbocycles. The van der Waals surface area contributed by atoms with Gasteiger partial charge in [-0.05, 0) is 0 Å². The van der Waals surface area contributed by atoms with Crippen molar-refractivity contribution in [2.45, 2.75) is 13.8 Å². The predicted molar refractivity (Wildman–Crippen MR) is 129 cm³/mol. The van der Waals surface area contributed by atoms with Gasteiger partial charge in [0.2, 0.25) is 0 Å². The van der Waals surface area contributed by atoms with Crippen LogP contribution in [0.1, 0.15) is 11.4 Å². The van der Waals surface area contributed by atoms with Crippen LogP contribution < -0.4 is 8.69 Å². The molecule has 0 aliphatic carbocycles. The normalized spacial score (nSPS) is 11.4. The van der Waals surface area contributed by atoms with Crippen molar-refractivity contribution in [3.63, 3.8) is 0 Å². The monoisotopic (exact) mass is 625 g/mol. The fourth-order valence-corrected chi connectivity index (χ4v) is 5.23. The van der Waals surface area contributed by atoms with Gasteiger partial charge in [0.05, 0.1) is 0 Å². The van der Waals surface area contributed by atoms with E-state index in [4.69, 9.17) is 4.74 Å². The van der Waals surface area contributed by atoms with E-state index in [1.54, 1.807) is 12.4 Å². The van der Waals surface area contributed by atoms with E-state index in [2.05, 4.69) is 76.7 Å². The van der Waals surface area contributed by atoms with Crippen molar-refractivity contribution < 1.29 is 24.6 Å². The van der Waals surface area contributed by atoms with Gasteiger partial charge in [-0.1, -0.05) is 0 Å². The van der Waals surface area contributed by atoms with Crippen LogP contribution >= 0.6 is 0 Å². The van der Waals surface area contributed by atoms with Gasteiger partial charge in [-0.3, -0.25) is 0 Å². The number of hydrogen-bond donors (Lipinski definition) is 0. The average molecular weight is 626 g/mol. The zero-order valence-corrected chi connectivity index (χ0v) is 20.8. The molecule has 0 saturated heterocycles. The van der Waals surface area contributed by atoms with Crippen LogP contribution in [0.2, 0.25) is 0 Å². The van der Waals surface area contributed by atoms with Crippen LogP contribution in [-0.4, -0.2) is 24.3 Å². The van der Waals surface area contributed by atoms with E-state index < -0.39 is 0 Å². The van der Waals surface area contributed by atoms with Crippen molar-refractivity contribution in [1.29, 1.82) is 0 Å². The summed E-state index contributed by atoms with van der Waals surface area (Å²) in [5.41, 5.74) is 5.12. The van der Waals surface area contributed by atoms with Gasteiger partial charge in [-0.2, -0.15) is 0 Å². The minimum atomic E-state index is 0.635. The van der Waals surface area contributed by atoms with E-state index in [1.807, 2.05) is 54.1 Å². The van der Waals surface area contributed by atoms with E-state index in [-0.39, 0.29) is 0 Å². The Morgan fingerprint density at radius 3 is 2.44 bits per heavy atom. The molecule has 0 bridgehead atoms. The number of nitrogens with zero attached hydrogens (tertiary/aromatic N) is 5. The summed E-state index contributed by atoms with van der Waals surface area (Å²) in [4.78, 5) is 9.06. The Labute approximate surface area is 207 Å². The second-order valence-corrected chi connectivity index (χ2v) is 9.22. The third-order valence-electron chi connectivity index (χ3n) is 5.76. The van der Waals surface area contributed by atoms with Crippen LogP contribution in [-0.2, 0) is 19.8 Å². The maximum absolute atomic E-state index is 6.41. The topological polar surface area (TPSA) is 57.8 Å². The summed E-state index contributed by atoms with van der Waals surface area (Å²) in [6.07, 6.45) is 3.53. The Balaban J connectivity index is 1.50. The van der Waals surface area contributed by atoms with Crippen LogP contribution in [0.25, 0.3) is 33.4 Å². The van der Waals surface area contributed by atoms with E-state index in [9.17, 15) is 0 Å². The molecule has 6 nitrogen and oxygen atoms in total. The van der Waals surface area contributed by atoms with Gasteiger partial charge in [-0.15, -0.1) is 0 Å². The third kappa shape index (κ3) is 3.42. The fourth-order valence-electron chi connectivity index (χ4n) is 4.36. The molecule has 0 spiro atoms. The molecule has 0 aliphatic heterocycles. The van der Waals surface area contributed by atoms with Gasteiger partial charge >= 0.3 is 208 Å². The van der Waals surface area contributed by atoms with Gasteiger partial charge in [-0.25, -0.2) is 0 Å². The molecule has 3 aromatic heterocycles. The molecular formula is C27H20N5OPt. The van der Waals surface area contributed by atoms with Crippen molar-refractivity contribution in [2.24, 2.45) is 0 Å². The maximum atomic E-state index is 6.41. The van der Waals surface area contributed by atoms with Crippen LogP contribution in [0, 0.1) is 13.8 Å². The number of ether oxygens (including phenoxy) is 1. The Hall–Kier alpha value is -3.76. The summed E-state index contributed by atoms with van der Waals surface area (Å²) in [6, 6.07) is 24.3. The first-order valence-corrected chi connectivity index (χ1v) is 12.0. The van der Waals surface area contributed by atoms with Crippen LogP contribution in [0.4, 0.5) is 0 Å².